The second kappa shape index (κ2) is 4.29. The maximum atomic E-state index is 12.0. The lowest BCUT2D eigenvalue weighted by atomic mass is 10.2. The maximum Gasteiger partial charge on any atom is 0.259 e. The molecular weight excluding hydrogens is 192 g/mol. The SMILES string of the molecule is COc1ncccc1C(=O)N1CCCC1. The highest BCUT2D eigenvalue weighted by atomic mass is 16.5. The standard InChI is InChI=1S/C11H14N2O2/c1-15-10-9(5-4-6-12-10)11(14)13-7-2-3-8-13/h4-6H,2-3,7-8H2,1H3. The Morgan fingerprint density at radius 3 is 2.87 bits per heavy atom. The highest BCUT2D eigenvalue weighted by Crippen LogP contribution is 2.18. The van der Waals surface area contributed by atoms with E-state index in [-0.39, 0.29) is 5.91 Å². The average Bonchev–Trinajstić information content (AvgIpc) is 2.81. The summed E-state index contributed by atoms with van der Waals surface area (Å²) < 4.78 is 5.07. The molecule has 0 saturated carbocycles. The van der Waals surface area contributed by atoms with Crippen molar-refractivity contribution in [3.05, 3.63) is 23.9 Å². The van der Waals surface area contributed by atoms with Crippen molar-refractivity contribution in [1.29, 1.82) is 0 Å². The lowest BCUT2D eigenvalue weighted by Crippen LogP contribution is -2.28. The van der Waals surface area contributed by atoms with E-state index in [4.69, 9.17) is 4.74 Å². The van der Waals surface area contributed by atoms with Crippen LogP contribution in [0.5, 0.6) is 5.88 Å². The number of hydrogen-bond acceptors (Lipinski definition) is 3. The van der Waals surface area contributed by atoms with Gasteiger partial charge in [-0.15, -0.1) is 0 Å². The van der Waals surface area contributed by atoms with Crippen molar-refractivity contribution in [3.8, 4) is 5.88 Å². The molecule has 0 bridgehead atoms. The van der Waals surface area contributed by atoms with Crippen LogP contribution in [0.1, 0.15) is 23.2 Å². The summed E-state index contributed by atoms with van der Waals surface area (Å²) in [7, 11) is 1.53. The minimum atomic E-state index is 0.0254. The first-order chi connectivity index (χ1) is 7.33. The molecule has 1 aliphatic rings. The number of ether oxygens (including phenoxy) is 1. The molecule has 1 aliphatic heterocycles. The molecule has 1 fully saturated rings. The second-order valence-electron chi connectivity index (χ2n) is 3.56. The molecule has 0 N–H and O–H groups in total. The van der Waals surface area contributed by atoms with Crippen molar-refractivity contribution in [2.24, 2.45) is 0 Å². The Morgan fingerprint density at radius 2 is 2.20 bits per heavy atom. The predicted molar refractivity (Wildman–Crippen MR) is 55.9 cm³/mol. The smallest absolute Gasteiger partial charge is 0.259 e. The molecule has 1 aromatic rings. The Hall–Kier alpha value is -1.58. The van der Waals surface area contributed by atoms with E-state index in [2.05, 4.69) is 4.98 Å². The summed E-state index contributed by atoms with van der Waals surface area (Å²) in [6.07, 6.45) is 3.81. The monoisotopic (exact) mass is 206 g/mol. The van der Waals surface area contributed by atoms with Gasteiger partial charge in [0.2, 0.25) is 5.88 Å². The van der Waals surface area contributed by atoms with Gasteiger partial charge in [-0.2, -0.15) is 0 Å². The molecule has 0 aliphatic carbocycles. The minimum absolute atomic E-state index is 0.0254. The van der Waals surface area contributed by atoms with E-state index in [0.717, 1.165) is 25.9 Å². The molecular formula is C11H14N2O2. The molecule has 2 rings (SSSR count). The number of pyridine rings is 1. The fourth-order valence-corrected chi connectivity index (χ4v) is 1.81. The van der Waals surface area contributed by atoms with Crippen LogP contribution in [0.2, 0.25) is 0 Å². The van der Waals surface area contributed by atoms with Crippen molar-refractivity contribution in [1.82, 2.24) is 9.88 Å². The maximum absolute atomic E-state index is 12.0. The zero-order valence-corrected chi connectivity index (χ0v) is 8.77. The van der Waals surface area contributed by atoms with Gasteiger partial charge in [-0.05, 0) is 25.0 Å². The molecule has 4 heteroatoms. The highest BCUT2D eigenvalue weighted by Gasteiger charge is 2.22. The zero-order chi connectivity index (χ0) is 10.7. The third-order valence-corrected chi connectivity index (χ3v) is 2.59. The van der Waals surface area contributed by atoms with Crippen LogP contribution < -0.4 is 4.74 Å². The number of carbonyl (C=O) groups excluding carboxylic acids is 1. The van der Waals surface area contributed by atoms with E-state index >= 15 is 0 Å². The number of nitrogens with zero attached hydrogens (tertiary/aromatic N) is 2. The molecule has 0 atom stereocenters. The number of aromatic nitrogens is 1. The van der Waals surface area contributed by atoms with Crippen LogP contribution in [0.15, 0.2) is 18.3 Å². The molecule has 0 aromatic carbocycles. The molecule has 2 heterocycles. The zero-order valence-electron chi connectivity index (χ0n) is 8.77. The van der Waals surface area contributed by atoms with Crippen LogP contribution >= 0.6 is 0 Å². The van der Waals surface area contributed by atoms with Gasteiger partial charge in [0.05, 0.1) is 7.11 Å². The first-order valence-corrected chi connectivity index (χ1v) is 5.11. The minimum Gasteiger partial charge on any atom is -0.480 e. The van der Waals surface area contributed by atoms with Gasteiger partial charge >= 0.3 is 0 Å². The lowest BCUT2D eigenvalue weighted by Gasteiger charge is -2.16. The number of amides is 1. The Morgan fingerprint density at radius 1 is 1.47 bits per heavy atom. The molecule has 0 unspecified atom stereocenters. The van der Waals surface area contributed by atoms with Gasteiger partial charge < -0.3 is 9.64 Å². The Balaban J connectivity index is 2.24. The summed E-state index contributed by atoms with van der Waals surface area (Å²) >= 11 is 0. The average molecular weight is 206 g/mol. The highest BCUT2D eigenvalue weighted by molar-refractivity contribution is 5.96. The van der Waals surface area contributed by atoms with Gasteiger partial charge in [0.25, 0.3) is 5.91 Å². The van der Waals surface area contributed by atoms with Crippen molar-refractivity contribution >= 4 is 5.91 Å². The molecule has 1 amide bonds. The van der Waals surface area contributed by atoms with E-state index < -0.39 is 0 Å². The van der Waals surface area contributed by atoms with Crippen LogP contribution in [0, 0.1) is 0 Å². The first kappa shape index (κ1) is 9.96. The lowest BCUT2D eigenvalue weighted by molar-refractivity contribution is 0.0788. The van der Waals surface area contributed by atoms with Crippen LogP contribution in [0.25, 0.3) is 0 Å². The van der Waals surface area contributed by atoms with Gasteiger partial charge in [0, 0.05) is 19.3 Å². The second-order valence-corrected chi connectivity index (χ2v) is 3.56. The topological polar surface area (TPSA) is 42.4 Å². The number of hydrogen-bond donors (Lipinski definition) is 0. The fraction of sp³-hybridized carbons (Fsp3) is 0.455. The fourth-order valence-electron chi connectivity index (χ4n) is 1.81. The number of likely N-dealkylation sites (tertiary alicyclic amines) is 1. The van der Waals surface area contributed by atoms with E-state index in [1.807, 2.05) is 4.90 Å². The molecule has 15 heavy (non-hydrogen) atoms. The largest absolute Gasteiger partial charge is 0.480 e. The molecule has 80 valence electrons. The summed E-state index contributed by atoms with van der Waals surface area (Å²) in [6.45, 7) is 1.69. The molecule has 1 saturated heterocycles. The van der Waals surface area contributed by atoms with Crippen molar-refractivity contribution < 1.29 is 9.53 Å². The summed E-state index contributed by atoms with van der Waals surface area (Å²) in [5.74, 6) is 0.437. The van der Waals surface area contributed by atoms with Gasteiger partial charge in [-0.1, -0.05) is 0 Å². The number of carbonyl (C=O) groups is 1. The summed E-state index contributed by atoms with van der Waals surface area (Å²) in [6, 6.07) is 3.51. The van der Waals surface area contributed by atoms with Gasteiger partial charge in [-0.3, -0.25) is 4.79 Å². The van der Waals surface area contributed by atoms with Crippen LogP contribution in [-0.2, 0) is 0 Å². The van der Waals surface area contributed by atoms with Crippen molar-refractivity contribution in [2.45, 2.75) is 12.8 Å². The molecule has 4 nitrogen and oxygen atoms in total. The van der Waals surface area contributed by atoms with Crippen molar-refractivity contribution in [3.63, 3.8) is 0 Å². The summed E-state index contributed by atoms with van der Waals surface area (Å²) in [5, 5.41) is 0. The predicted octanol–water partition coefficient (Wildman–Crippen LogP) is 1.33. The summed E-state index contributed by atoms with van der Waals surface area (Å²) in [5.41, 5.74) is 0.557. The van der Waals surface area contributed by atoms with E-state index in [0.29, 0.717) is 11.4 Å². The van der Waals surface area contributed by atoms with Crippen molar-refractivity contribution in [2.75, 3.05) is 20.2 Å². The van der Waals surface area contributed by atoms with E-state index in [1.54, 1.807) is 18.3 Å². The van der Waals surface area contributed by atoms with Crippen LogP contribution in [0.4, 0.5) is 0 Å². The van der Waals surface area contributed by atoms with Gasteiger partial charge in [0.1, 0.15) is 5.56 Å². The molecule has 0 spiro atoms. The van der Waals surface area contributed by atoms with Gasteiger partial charge in [0.15, 0.2) is 0 Å². The number of methoxy groups -OCH3 is 1. The van der Waals surface area contributed by atoms with Crippen LogP contribution in [-0.4, -0.2) is 36.0 Å². The summed E-state index contributed by atoms with van der Waals surface area (Å²) in [4.78, 5) is 17.9. The third kappa shape index (κ3) is 1.93. The Labute approximate surface area is 88.9 Å². The third-order valence-electron chi connectivity index (χ3n) is 2.59. The van der Waals surface area contributed by atoms with E-state index in [9.17, 15) is 4.79 Å². The molecule has 0 radical (unpaired) electrons. The Kier molecular flexibility index (Phi) is 2.85. The Bertz CT molecular complexity index is 359. The first-order valence-electron chi connectivity index (χ1n) is 5.11. The van der Waals surface area contributed by atoms with E-state index in [1.165, 1.54) is 7.11 Å². The quantitative estimate of drug-likeness (QED) is 0.733. The number of rotatable bonds is 2. The molecule has 1 aromatic heterocycles. The van der Waals surface area contributed by atoms with Gasteiger partial charge in [-0.25, -0.2) is 4.98 Å². The van der Waals surface area contributed by atoms with Crippen LogP contribution in [0.3, 0.4) is 0 Å². The normalized spacial score (nSPS) is 15.4.